The SMILES string of the molecule is O=C1C[C@H](c2ccc(O)cc2)Oc2c1c(O)cc(O)c2[C@H]1C(=O)c2c(O)cc(O)cc2O[C@@H]1c1ccc(O)cc1. The Morgan fingerprint density at radius 3 is 1.88 bits per heavy atom. The minimum Gasteiger partial charge on any atom is -0.508 e. The second-order valence-corrected chi connectivity index (χ2v) is 9.67. The summed E-state index contributed by atoms with van der Waals surface area (Å²) < 4.78 is 12.3. The van der Waals surface area contributed by atoms with Crippen LogP contribution in [0.4, 0.5) is 0 Å². The summed E-state index contributed by atoms with van der Waals surface area (Å²) in [6.45, 7) is 0. The van der Waals surface area contributed by atoms with E-state index < -0.39 is 46.9 Å². The highest BCUT2D eigenvalue weighted by Gasteiger charge is 2.46. The predicted octanol–water partition coefficient (Wildman–Crippen LogP) is 4.73. The lowest BCUT2D eigenvalue weighted by atomic mass is 9.78. The lowest BCUT2D eigenvalue weighted by Gasteiger charge is -2.36. The quantitative estimate of drug-likeness (QED) is 0.212. The van der Waals surface area contributed by atoms with Crippen molar-refractivity contribution in [2.24, 2.45) is 0 Å². The zero-order chi connectivity index (χ0) is 28.3. The van der Waals surface area contributed by atoms with Crippen LogP contribution in [-0.2, 0) is 0 Å². The van der Waals surface area contributed by atoms with E-state index in [1.807, 2.05) is 0 Å². The maximum absolute atomic E-state index is 14.1. The summed E-state index contributed by atoms with van der Waals surface area (Å²) >= 11 is 0. The van der Waals surface area contributed by atoms with E-state index in [2.05, 4.69) is 0 Å². The van der Waals surface area contributed by atoms with Gasteiger partial charge in [0.25, 0.3) is 0 Å². The van der Waals surface area contributed by atoms with Crippen LogP contribution in [0.15, 0.2) is 66.7 Å². The van der Waals surface area contributed by atoms with Crippen LogP contribution in [0.3, 0.4) is 0 Å². The van der Waals surface area contributed by atoms with E-state index in [1.165, 1.54) is 42.5 Å². The van der Waals surface area contributed by atoms with Crippen molar-refractivity contribution in [2.45, 2.75) is 24.5 Å². The summed E-state index contributed by atoms with van der Waals surface area (Å²) in [7, 11) is 0. The Hall–Kier alpha value is -5.38. The molecule has 0 fully saturated rings. The fourth-order valence-corrected chi connectivity index (χ4v) is 5.30. The first-order valence-electron chi connectivity index (χ1n) is 12.3. The molecule has 0 saturated heterocycles. The monoisotopic (exact) mass is 542 g/mol. The molecule has 0 aromatic heterocycles. The van der Waals surface area contributed by atoms with E-state index in [-0.39, 0.29) is 51.9 Å². The smallest absolute Gasteiger partial charge is 0.182 e. The number of aromatic hydroxyl groups is 6. The minimum absolute atomic E-state index is 0.00784. The van der Waals surface area contributed by atoms with Crippen molar-refractivity contribution >= 4 is 11.6 Å². The van der Waals surface area contributed by atoms with E-state index in [0.29, 0.717) is 11.1 Å². The number of carbonyl (C=O) groups is 2. The number of benzene rings is 4. The molecule has 4 aromatic carbocycles. The molecule has 0 radical (unpaired) electrons. The summed E-state index contributed by atoms with van der Waals surface area (Å²) in [4.78, 5) is 27.4. The molecular formula is C30H22O10. The molecule has 0 amide bonds. The van der Waals surface area contributed by atoms with Gasteiger partial charge < -0.3 is 40.1 Å². The van der Waals surface area contributed by atoms with Gasteiger partial charge in [0, 0.05) is 18.2 Å². The third-order valence-electron chi connectivity index (χ3n) is 7.14. The van der Waals surface area contributed by atoms with Gasteiger partial charge in [-0.3, -0.25) is 9.59 Å². The first-order valence-corrected chi connectivity index (χ1v) is 12.3. The number of carbonyl (C=O) groups excluding carboxylic acids is 2. The summed E-state index contributed by atoms with van der Waals surface area (Å²) in [6, 6.07) is 14.8. The molecule has 4 aromatic rings. The Kier molecular flexibility index (Phi) is 5.69. The molecule has 6 N–H and O–H groups in total. The molecule has 0 aliphatic carbocycles. The highest BCUT2D eigenvalue weighted by molar-refractivity contribution is 6.09. The highest BCUT2D eigenvalue weighted by atomic mass is 16.5. The molecule has 10 heteroatoms. The van der Waals surface area contributed by atoms with Crippen molar-refractivity contribution in [3.63, 3.8) is 0 Å². The Bertz CT molecular complexity index is 1670. The molecule has 3 atom stereocenters. The van der Waals surface area contributed by atoms with Crippen LogP contribution in [-0.4, -0.2) is 42.2 Å². The number of phenols is 6. The third-order valence-corrected chi connectivity index (χ3v) is 7.14. The topological polar surface area (TPSA) is 174 Å². The van der Waals surface area contributed by atoms with Gasteiger partial charge in [-0.2, -0.15) is 0 Å². The van der Waals surface area contributed by atoms with E-state index in [1.54, 1.807) is 12.1 Å². The zero-order valence-corrected chi connectivity index (χ0v) is 20.6. The molecule has 40 heavy (non-hydrogen) atoms. The minimum atomic E-state index is -1.40. The molecule has 2 heterocycles. The molecule has 10 nitrogen and oxygen atoms in total. The number of ether oxygens (including phenoxy) is 2. The molecule has 2 aliphatic heterocycles. The summed E-state index contributed by atoms with van der Waals surface area (Å²) in [5, 5.41) is 61.9. The summed E-state index contributed by atoms with van der Waals surface area (Å²) in [5.74, 6) is -4.97. The van der Waals surface area contributed by atoms with E-state index in [4.69, 9.17) is 9.47 Å². The Morgan fingerprint density at radius 1 is 0.625 bits per heavy atom. The van der Waals surface area contributed by atoms with Gasteiger partial charge in [-0.25, -0.2) is 0 Å². The predicted molar refractivity (Wildman–Crippen MR) is 139 cm³/mol. The number of hydrogen-bond acceptors (Lipinski definition) is 10. The van der Waals surface area contributed by atoms with Crippen LogP contribution in [0.25, 0.3) is 0 Å². The van der Waals surface area contributed by atoms with Crippen LogP contribution >= 0.6 is 0 Å². The maximum atomic E-state index is 14.1. The lowest BCUT2D eigenvalue weighted by Crippen LogP contribution is -2.32. The van der Waals surface area contributed by atoms with E-state index in [0.717, 1.165) is 12.1 Å². The van der Waals surface area contributed by atoms with Gasteiger partial charge in [-0.05, 0) is 35.4 Å². The fraction of sp³-hybridized carbons (Fsp3) is 0.133. The Labute approximate surface area is 226 Å². The van der Waals surface area contributed by atoms with Gasteiger partial charge in [0.05, 0.1) is 17.9 Å². The maximum Gasteiger partial charge on any atom is 0.182 e. The van der Waals surface area contributed by atoms with Gasteiger partial charge in [0.15, 0.2) is 11.6 Å². The van der Waals surface area contributed by atoms with Gasteiger partial charge in [-0.1, -0.05) is 24.3 Å². The molecule has 0 bridgehead atoms. The van der Waals surface area contributed by atoms with Crippen LogP contribution in [0, 0.1) is 0 Å². The molecule has 0 unspecified atom stereocenters. The van der Waals surface area contributed by atoms with Crippen LogP contribution < -0.4 is 9.47 Å². The fourth-order valence-electron chi connectivity index (χ4n) is 5.30. The Balaban J connectivity index is 1.57. The number of Topliss-reactive ketones (excluding diaryl/α,β-unsaturated/α-hetero) is 2. The second kappa shape index (κ2) is 9.12. The summed E-state index contributed by atoms with van der Waals surface area (Å²) in [6.07, 6.45) is -2.20. The van der Waals surface area contributed by atoms with Crippen molar-refractivity contribution < 1.29 is 49.7 Å². The van der Waals surface area contributed by atoms with Crippen LogP contribution in [0.1, 0.15) is 62.0 Å². The number of rotatable bonds is 3. The molecule has 0 saturated carbocycles. The highest BCUT2D eigenvalue weighted by Crippen LogP contribution is 2.55. The Morgan fingerprint density at radius 2 is 1.23 bits per heavy atom. The van der Waals surface area contributed by atoms with Crippen molar-refractivity contribution in [3.8, 4) is 46.0 Å². The van der Waals surface area contributed by atoms with E-state index in [9.17, 15) is 40.2 Å². The van der Waals surface area contributed by atoms with Crippen molar-refractivity contribution in [1.29, 1.82) is 0 Å². The number of phenolic OH excluding ortho intramolecular Hbond substituents is 6. The first-order chi connectivity index (χ1) is 19.1. The first kappa shape index (κ1) is 24.9. The lowest BCUT2D eigenvalue weighted by molar-refractivity contribution is 0.0739. The van der Waals surface area contributed by atoms with Crippen molar-refractivity contribution in [1.82, 2.24) is 0 Å². The van der Waals surface area contributed by atoms with Gasteiger partial charge >= 0.3 is 0 Å². The molecule has 2 aliphatic rings. The molecule has 202 valence electrons. The molecular weight excluding hydrogens is 520 g/mol. The standard InChI is InChI=1S/C30H22O10/c31-15-5-1-13(2-6-15)22-12-21(37)24-19(35)11-20(36)26(30(24)39-22)27-28(38)25-18(34)9-17(33)10-23(25)40-29(27)14-3-7-16(32)8-4-14/h1-11,22,27,29,31-36H,12H2/t22-,27+,29-/m1/s1. The normalized spacial score (nSPS) is 19.8. The molecule has 0 spiro atoms. The average Bonchev–Trinajstić information content (AvgIpc) is 2.89. The van der Waals surface area contributed by atoms with Gasteiger partial charge in [-0.15, -0.1) is 0 Å². The van der Waals surface area contributed by atoms with E-state index >= 15 is 0 Å². The number of ketones is 2. The summed E-state index contributed by atoms with van der Waals surface area (Å²) in [5.41, 5.74) is 0.302. The van der Waals surface area contributed by atoms with Crippen molar-refractivity contribution in [2.75, 3.05) is 0 Å². The van der Waals surface area contributed by atoms with Crippen molar-refractivity contribution in [3.05, 3.63) is 94.5 Å². The zero-order valence-electron chi connectivity index (χ0n) is 20.6. The van der Waals surface area contributed by atoms with Crippen LogP contribution in [0.2, 0.25) is 0 Å². The van der Waals surface area contributed by atoms with Crippen LogP contribution in [0.5, 0.6) is 46.0 Å². The van der Waals surface area contributed by atoms with Gasteiger partial charge in [0.1, 0.15) is 69.3 Å². The third kappa shape index (κ3) is 3.97. The number of fused-ring (bicyclic) bond motifs is 2. The number of hydrogen-bond donors (Lipinski definition) is 6. The molecule has 6 rings (SSSR count). The average molecular weight is 542 g/mol. The van der Waals surface area contributed by atoms with Gasteiger partial charge in [0.2, 0.25) is 0 Å². The second-order valence-electron chi connectivity index (χ2n) is 9.67. The largest absolute Gasteiger partial charge is 0.508 e.